The fourth-order valence-electron chi connectivity index (χ4n) is 2.63. The van der Waals surface area contributed by atoms with Crippen LogP contribution in [0.15, 0.2) is 39.5 Å². The van der Waals surface area contributed by atoms with E-state index in [1.807, 2.05) is 25.1 Å². The summed E-state index contributed by atoms with van der Waals surface area (Å²) in [5.74, 6) is -0.734. The molecule has 0 radical (unpaired) electrons. The lowest BCUT2D eigenvalue weighted by atomic mass is 10.1. The van der Waals surface area contributed by atoms with Gasteiger partial charge in [0.05, 0.1) is 12.1 Å². The fraction of sp³-hybridized carbons (Fsp3) is 0.438. The summed E-state index contributed by atoms with van der Waals surface area (Å²) in [7, 11) is 0. The molecule has 1 aliphatic rings. The fourth-order valence-corrected chi connectivity index (χ4v) is 2.63. The Morgan fingerprint density at radius 3 is 2.91 bits per heavy atom. The Hall–Kier alpha value is -2.41. The van der Waals surface area contributed by atoms with Crippen LogP contribution in [-0.2, 0) is 16.1 Å². The van der Waals surface area contributed by atoms with Crippen LogP contribution in [0.25, 0.3) is 11.5 Å². The normalized spacial score (nSPS) is 18.7. The minimum absolute atomic E-state index is 0.0351. The summed E-state index contributed by atoms with van der Waals surface area (Å²) in [4.78, 5) is 23.9. The Kier molecular flexibility index (Phi) is 4.57. The molecule has 0 spiro atoms. The monoisotopic (exact) mass is 317 g/mol. The van der Waals surface area contributed by atoms with E-state index in [0.717, 1.165) is 24.1 Å². The van der Waals surface area contributed by atoms with Gasteiger partial charge in [0.25, 0.3) is 0 Å². The van der Waals surface area contributed by atoms with Crippen LogP contribution >= 0.6 is 0 Å². The van der Waals surface area contributed by atoms with Gasteiger partial charge in [-0.1, -0.05) is 18.2 Å². The molecule has 1 fully saturated rings. The van der Waals surface area contributed by atoms with Crippen molar-refractivity contribution in [3.05, 3.63) is 40.9 Å². The second kappa shape index (κ2) is 6.78. The Morgan fingerprint density at radius 1 is 1.43 bits per heavy atom. The first-order valence-corrected chi connectivity index (χ1v) is 7.68. The van der Waals surface area contributed by atoms with Crippen molar-refractivity contribution in [2.24, 2.45) is 0 Å². The first kappa shape index (κ1) is 15.5. The van der Waals surface area contributed by atoms with Gasteiger partial charge in [0.15, 0.2) is 0 Å². The van der Waals surface area contributed by atoms with E-state index in [-0.39, 0.29) is 30.5 Å². The minimum atomic E-state index is -0.649. The van der Waals surface area contributed by atoms with Gasteiger partial charge in [0.1, 0.15) is 6.54 Å². The van der Waals surface area contributed by atoms with Gasteiger partial charge < -0.3 is 14.5 Å². The molecule has 7 nitrogen and oxygen atoms in total. The van der Waals surface area contributed by atoms with Crippen molar-refractivity contribution in [2.45, 2.75) is 38.5 Å². The quantitative estimate of drug-likeness (QED) is 0.895. The molecule has 2 heterocycles. The van der Waals surface area contributed by atoms with Crippen molar-refractivity contribution < 1.29 is 13.9 Å². The third-order valence-electron chi connectivity index (χ3n) is 3.83. The summed E-state index contributed by atoms with van der Waals surface area (Å²) in [5, 5.41) is 6.91. The molecule has 7 heteroatoms. The maximum Gasteiger partial charge on any atom is 0.437 e. The third kappa shape index (κ3) is 3.68. The van der Waals surface area contributed by atoms with Gasteiger partial charge >= 0.3 is 5.76 Å². The number of carbonyl (C=O) groups excluding carboxylic acids is 1. The number of ether oxygens (including phenoxy) is 1. The van der Waals surface area contributed by atoms with E-state index in [2.05, 4.69) is 10.4 Å². The Morgan fingerprint density at radius 2 is 2.22 bits per heavy atom. The van der Waals surface area contributed by atoms with E-state index in [1.54, 1.807) is 12.1 Å². The van der Waals surface area contributed by atoms with Gasteiger partial charge in [-0.25, -0.2) is 4.79 Å². The summed E-state index contributed by atoms with van der Waals surface area (Å²) in [5.41, 5.74) is 0.691. The summed E-state index contributed by atoms with van der Waals surface area (Å²) in [6, 6.07) is 8.98. The molecule has 2 atom stereocenters. The SMILES string of the molecule is C[C@@H](NC(=O)Cn1nc(-c2ccccc2)oc1=O)[C@@H]1CCCO1. The van der Waals surface area contributed by atoms with E-state index in [4.69, 9.17) is 9.15 Å². The van der Waals surface area contributed by atoms with Gasteiger partial charge in [0.2, 0.25) is 11.8 Å². The highest BCUT2D eigenvalue weighted by Gasteiger charge is 2.24. The summed E-state index contributed by atoms with van der Waals surface area (Å²) in [6.07, 6.45) is 1.98. The topological polar surface area (TPSA) is 86.4 Å². The average Bonchev–Trinajstić information content (AvgIpc) is 3.19. The van der Waals surface area contributed by atoms with Gasteiger partial charge in [-0.3, -0.25) is 4.79 Å². The zero-order valence-corrected chi connectivity index (χ0v) is 12.9. The van der Waals surface area contributed by atoms with Crippen LogP contribution < -0.4 is 11.1 Å². The van der Waals surface area contributed by atoms with Crippen molar-refractivity contribution in [1.29, 1.82) is 0 Å². The first-order valence-electron chi connectivity index (χ1n) is 7.68. The van der Waals surface area contributed by atoms with Gasteiger partial charge in [-0.05, 0) is 31.9 Å². The molecule has 0 saturated carbocycles. The van der Waals surface area contributed by atoms with Crippen LogP contribution in [0.2, 0.25) is 0 Å². The lowest BCUT2D eigenvalue weighted by Gasteiger charge is -2.19. The van der Waals surface area contributed by atoms with Crippen molar-refractivity contribution >= 4 is 5.91 Å². The summed E-state index contributed by atoms with van der Waals surface area (Å²) >= 11 is 0. The van der Waals surface area contributed by atoms with Gasteiger partial charge in [-0.15, -0.1) is 5.10 Å². The number of nitrogens with one attached hydrogen (secondary N) is 1. The Balaban J connectivity index is 1.64. The molecule has 1 saturated heterocycles. The highest BCUT2D eigenvalue weighted by molar-refractivity contribution is 5.76. The lowest BCUT2D eigenvalue weighted by molar-refractivity contribution is -0.123. The zero-order chi connectivity index (χ0) is 16.2. The lowest BCUT2D eigenvalue weighted by Crippen LogP contribution is -2.43. The predicted molar refractivity (Wildman–Crippen MR) is 82.8 cm³/mol. The van der Waals surface area contributed by atoms with Crippen LogP contribution in [-0.4, -0.2) is 34.4 Å². The Labute approximate surface area is 133 Å². The molecular weight excluding hydrogens is 298 g/mol. The molecule has 1 N–H and O–H groups in total. The molecule has 0 bridgehead atoms. The van der Waals surface area contributed by atoms with E-state index < -0.39 is 5.76 Å². The molecule has 3 rings (SSSR count). The highest BCUT2D eigenvalue weighted by Crippen LogP contribution is 2.16. The molecule has 122 valence electrons. The first-order chi connectivity index (χ1) is 11.1. The number of hydrogen-bond donors (Lipinski definition) is 1. The van der Waals surface area contributed by atoms with Crippen LogP contribution in [0.4, 0.5) is 0 Å². The molecule has 2 aromatic rings. The van der Waals surface area contributed by atoms with Crippen molar-refractivity contribution in [1.82, 2.24) is 15.1 Å². The van der Waals surface area contributed by atoms with E-state index >= 15 is 0 Å². The van der Waals surface area contributed by atoms with Crippen LogP contribution in [0.3, 0.4) is 0 Å². The predicted octanol–water partition coefficient (Wildman–Crippen LogP) is 1.19. The molecule has 1 aliphatic heterocycles. The largest absolute Gasteiger partial charge is 0.437 e. The number of aromatic nitrogens is 2. The number of rotatable bonds is 5. The van der Waals surface area contributed by atoms with E-state index in [0.29, 0.717) is 5.56 Å². The van der Waals surface area contributed by atoms with Gasteiger partial charge in [-0.2, -0.15) is 4.68 Å². The van der Waals surface area contributed by atoms with E-state index in [1.165, 1.54) is 0 Å². The third-order valence-corrected chi connectivity index (χ3v) is 3.83. The zero-order valence-electron chi connectivity index (χ0n) is 12.9. The second-order valence-corrected chi connectivity index (χ2v) is 5.60. The molecule has 0 unspecified atom stereocenters. The molecular formula is C16H19N3O4. The van der Waals surface area contributed by atoms with Crippen molar-refractivity contribution in [3.63, 3.8) is 0 Å². The molecule has 23 heavy (non-hydrogen) atoms. The minimum Gasteiger partial charge on any atom is -0.388 e. The molecule has 1 amide bonds. The van der Waals surface area contributed by atoms with Crippen LogP contribution in [0, 0.1) is 0 Å². The van der Waals surface area contributed by atoms with E-state index in [9.17, 15) is 9.59 Å². The van der Waals surface area contributed by atoms with Crippen molar-refractivity contribution in [2.75, 3.05) is 6.61 Å². The van der Waals surface area contributed by atoms with Gasteiger partial charge in [0, 0.05) is 12.2 Å². The molecule has 0 aliphatic carbocycles. The van der Waals surface area contributed by atoms with Crippen LogP contribution in [0.5, 0.6) is 0 Å². The summed E-state index contributed by atoms with van der Waals surface area (Å²) in [6.45, 7) is 2.45. The van der Waals surface area contributed by atoms with Crippen molar-refractivity contribution in [3.8, 4) is 11.5 Å². The number of benzene rings is 1. The highest BCUT2D eigenvalue weighted by atomic mass is 16.5. The standard InChI is InChI=1S/C16H19N3O4/c1-11(13-8-5-9-22-13)17-14(20)10-19-16(21)23-15(18-19)12-6-3-2-4-7-12/h2-4,6-7,11,13H,5,8-10H2,1H3,(H,17,20)/t11-,13+/m1/s1. The maximum atomic E-state index is 12.1. The second-order valence-electron chi connectivity index (χ2n) is 5.60. The molecule has 1 aromatic carbocycles. The maximum absolute atomic E-state index is 12.1. The van der Waals surface area contributed by atoms with Crippen LogP contribution in [0.1, 0.15) is 19.8 Å². The summed E-state index contributed by atoms with van der Waals surface area (Å²) < 4.78 is 11.7. The molecule has 1 aromatic heterocycles. The number of carbonyl (C=O) groups is 1. The Bertz CT molecular complexity index is 716. The smallest absolute Gasteiger partial charge is 0.388 e. The average molecular weight is 317 g/mol. The number of nitrogens with zero attached hydrogens (tertiary/aromatic N) is 2. The number of amides is 1. The number of hydrogen-bond acceptors (Lipinski definition) is 5.